The zero-order valence-electron chi connectivity index (χ0n) is 10.2. The lowest BCUT2D eigenvalue weighted by atomic mass is 9.99. The third-order valence-corrected chi connectivity index (χ3v) is 3.22. The molecular weight excluding hydrogens is 227 g/mol. The summed E-state index contributed by atoms with van der Waals surface area (Å²) >= 11 is 0. The number of aromatic nitrogens is 1. The molecule has 1 aromatic heterocycles. The molecule has 0 amide bonds. The standard InChI is InChI=1S/C15H13FN2/c1-10-2-3-13(16)7-14(10)11-6-12-8-17-5-4-15(12)18-9-11/h2-3,6-9H,4-5H2,1H3. The summed E-state index contributed by atoms with van der Waals surface area (Å²) in [5.41, 5.74) is 5.00. The second-order valence-electron chi connectivity index (χ2n) is 4.50. The van der Waals surface area contributed by atoms with Crippen LogP contribution in [-0.4, -0.2) is 17.7 Å². The molecule has 2 heterocycles. The Morgan fingerprint density at radius 2 is 2.11 bits per heavy atom. The molecule has 2 nitrogen and oxygen atoms in total. The minimum Gasteiger partial charge on any atom is -0.292 e. The molecule has 1 aliphatic rings. The van der Waals surface area contributed by atoms with Crippen molar-refractivity contribution in [2.45, 2.75) is 13.3 Å². The summed E-state index contributed by atoms with van der Waals surface area (Å²) in [6.07, 6.45) is 4.55. The number of nitrogens with zero attached hydrogens (tertiary/aromatic N) is 2. The van der Waals surface area contributed by atoms with Crippen LogP contribution in [0.3, 0.4) is 0 Å². The Morgan fingerprint density at radius 1 is 1.22 bits per heavy atom. The van der Waals surface area contributed by atoms with Crippen LogP contribution >= 0.6 is 0 Å². The third-order valence-electron chi connectivity index (χ3n) is 3.22. The first kappa shape index (κ1) is 11.1. The van der Waals surface area contributed by atoms with E-state index in [0.29, 0.717) is 0 Å². The van der Waals surface area contributed by atoms with Gasteiger partial charge < -0.3 is 0 Å². The lowest BCUT2D eigenvalue weighted by Gasteiger charge is -2.12. The van der Waals surface area contributed by atoms with Gasteiger partial charge in [0.15, 0.2) is 0 Å². The maximum absolute atomic E-state index is 13.3. The molecule has 0 spiro atoms. The molecule has 1 aliphatic heterocycles. The summed E-state index contributed by atoms with van der Waals surface area (Å²) in [4.78, 5) is 8.71. The number of aryl methyl sites for hydroxylation is 1. The van der Waals surface area contributed by atoms with Crippen LogP contribution in [0.25, 0.3) is 11.1 Å². The van der Waals surface area contributed by atoms with Crippen molar-refractivity contribution in [3.8, 4) is 11.1 Å². The van der Waals surface area contributed by atoms with E-state index in [1.807, 2.05) is 25.4 Å². The fraction of sp³-hybridized carbons (Fsp3) is 0.200. The summed E-state index contributed by atoms with van der Waals surface area (Å²) in [6.45, 7) is 2.78. The van der Waals surface area contributed by atoms with Crippen molar-refractivity contribution in [2.24, 2.45) is 4.99 Å². The lowest BCUT2D eigenvalue weighted by Crippen LogP contribution is -2.05. The van der Waals surface area contributed by atoms with Crippen LogP contribution in [0.15, 0.2) is 35.5 Å². The van der Waals surface area contributed by atoms with Crippen molar-refractivity contribution in [3.05, 3.63) is 53.1 Å². The highest BCUT2D eigenvalue weighted by molar-refractivity contribution is 5.84. The molecule has 2 aromatic rings. The van der Waals surface area contributed by atoms with Crippen LogP contribution in [0.2, 0.25) is 0 Å². The monoisotopic (exact) mass is 240 g/mol. The second-order valence-corrected chi connectivity index (χ2v) is 4.50. The molecule has 0 saturated heterocycles. The van der Waals surface area contributed by atoms with Crippen LogP contribution < -0.4 is 0 Å². The number of benzene rings is 1. The number of hydrogen-bond acceptors (Lipinski definition) is 2. The minimum absolute atomic E-state index is 0.220. The number of halogens is 1. The van der Waals surface area contributed by atoms with E-state index in [2.05, 4.69) is 9.98 Å². The summed E-state index contributed by atoms with van der Waals surface area (Å²) < 4.78 is 13.3. The number of aliphatic imine (C=N–C) groups is 1. The molecule has 3 rings (SSSR count). The molecule has 0 N–H and O–H groups in total. The summed E-state index contributed by atoms with van der Waals surface area (Å²) in [7, 11) is 0. The molecule has 0 atom stereocenters. The molecule has 0 unspecified atom stereocenters. The average Bonchev–Trinajstić information content (AvgIpc) is 2.41. The van der Waals surface area contributed by atoms with Crippen molar-refractivity contribution in [3.63, 3.8) is 0 Å². The Bertz CT molecular complexity index is 632. The molecule has 0 aliphatic carbocycles. The third kappa shape index (κ3) is 1.92. The van der Waals surface area contributed by atoms with Crippen LogP contribution in [0, 0.1) is 12.7 Å². The van der Waals surface area contributed by atoms with Gasteiger partial charge in [-0.15, -0.1) is 0 Å². The Morgan fingerprint density at radius 3 is 3.00 bits per heavy atom. The van der Waals surface area contributed by atoms with Gasteiger partial charge in [-0.25, -0.2) is 4.39 Å². The van der Waals surface area contributed by atoms with Gasteiger partial charge in [0.25, 0.3) is 0 Å². The van der Waals surface area contributed by atoms with Gasteiger partial charge in [-0.3, -0.25) is 9.98 Å². The van der Waals surface area contributed by atoms with E-state index in [1.54, 1.807) is 12.1 Å². The summed E-state index contributed by atoms with van der Waals surface area (Å²) in [5.74, 6) is -0.220. The van der Waals surface area contributed by atoms with Crippen molar-refractivity contribution in [1.29, 1.82) is 0 Å². The quantitative estimate of drug-likeness (QED) is 0.751. The first-order chi connectivity index (χ1) is 8.74. The highest BCUT2D eigenvalue weighted by Gasteiger charge is 2.10. The average molecular weight is 240 g/mol. The molecule has 18 heavy (non-hydrogen) atoms. The van der Waals surface area contributed by atoms with Crippen molar-refractivity contribution >= 4 is 6.21 Å². The maximum atomic E-state index is 13.3. The van der Waals surface area contributed by atoms with Gasteiger partial charge in [-0.1, -0.05) is 6.07 Å². The van der Waals surface area contributed by atoms with Crippen LogP contribution in [0.4, 0.5) is 4.39 Å². The Hall–Kier alpha value is -2.03. The van der Waals surface area contributed by atoms with Gasteiger partial charge in [-0.05, 0) is 36.2 Å². The zero-order valence-corrected chi connectivity index (χ0v) is 10.2. The molecule has 1 aromatic carbocycles. The first-order valence-electron chi connectivity index (χ1n) is 5.99. The Balaban J connectivity index is 2.13. The van der Waals surface area contributed by atoms with Gasteiger partial charge in [0.1, 0.15) is 5.82 Å². The fourth-order valence-corrected chi connectivity index (χ4v) is 2.22. The largest absolute Gasteiger partial charge is 0.292 e. The smallest absolute Gasteiger partial charge is 0.123 e. The number of hydrogen-bond donors (Lipinski definition) is 0. The van der Waals surface area contributed by atoms with Crippen LogP contribution in [-0.2, 0) is 6.42 Å². The topological polar surface area (TPSA) is 25.2 Å². The van der Waals surface area contributed by atoms with Crippen LogP contribution in [0.5, 0.6) is 0 Å². The van der Waals surface area contributed by atoms with E-state index in [9.17, 15) is 4.39 Å². The van der Waals surface area contributed by atoms with Crippen molar-refractivity contribution < 1.29 is 4.39 Å². The zero-order chi connectivity index (χ0) is 12.5. The molecule has 0 bridgehead atoms. The highest BCUT2D eigenvalue weighted by atomic mass is 19.1. The van der Waals surface area contributed by atoms with E-state index in [1.165, 1.54) is 6.07 Å². The van der Waals surface area contributed by atoms with Crippen molar-refractivity contribution in [2.75, 3.05) is 6.54 Å². The van der Waals surface area contributed by atoms with Gasteiger partial charge in [0.05, 0.1) is 5.69 Å². The van der Waals surface area contributed by atoms with E-state index >= 15 is 0 Å². The highest BCUT2D eigenvalue weighted by Crippen LogP contribution is 2.25. The van der Waals surface area contributed by atoms with E-state index in [-0.39, 0.29) is 5.82 Å². The predicted molar refractivity (Wildman–Crippen MR) is 70.5 cm³/mol. The SMILES string of the molecule is Cc1ccc(F)cc1-c1cnc2c(c1)C=NCC2. The van der Waals surface area contributed by atoms with E-state index in [0.717, 1.165) is 40.9 Å². The second kappa shape index (κ2) is 4.33. The Kier molecular flexibility index (Phi) is 2.67. The lowest BCUT2D eigenvalue weighted by molar-refractivity contribution is 0.628. The van der Waals surface area contributed by atoms with Gasteiger partial charge >= 0.3 is 0 Å². The van der Waals surface area contributed by atoms with Gasteiger partial charge in [-0.2, -0.15) is 0 Å². The molecule has 0 saturated carbocycles. The number of pyridine rings is 1. The fourth-order valence-electron chi connectivity index (χ4n) is 2.22. The normalized spacial score (nSPS) is 13.4. The van der Waals surface area contributed by atoms with Gasteiger partial charge in [0, 0.05) is 36.5 Å². The Labute approximate surface area is 105 Å². The van der Waals surface area contributed by atoms with E-state index < -0.39 is 0 Å². The molecule has 0 fully saturated rings. The molecule has 3 heteroatoms. The summed E-state index contributed by atoms with van der Waals surface area (Å²) in [6, 6.07) is 6.86. The molecular formula is C15H13FN2. The first-order valence-corrected chi connectivity index (χ1v) is 5.99. The number of fused-ring (bicyclic) bond motifs is 1. The van der Waals surface area contributed by atoms with Crippen molar-refractivity contribution in [1.82, 2.24) is 4.98 Å². The summed E-state index contributed by atoms with van der Waals surface area (Å²) in [5, 5.41) is 0. The van der Waals surface area contributed by atoms with E-state index in [4.69, 9.17) is 0 Å². The minimum atomic E-state index is -0.220. The number of rotatable bonds is 1. The molecule has 0 radical (unpaired) electrons. The van der Waals surface area contributed by atoms with Gasteiger partial charge in [0.2, 0.25) is 0 Å². The molecule has 90 valence electrons. The maximum Gasteiger partial charge on any atom is 0.123 e. The predicted octanol–water partition coefficient (Wildman–Crippen LogP) is 3.17. The van der Waals surface area contributed by atoms with Crippen LogP contribution in [0.1, 0.15) is 16.8 Å².